The molecule has 0 N–H and O–H groups in total. The molecule has 0 aliphatic carbocycles. The lowest BCUT2D eigenvalue weighted by Gasteiger charge is -2.07. The van der Waals surface area contributed by atoms with E-state index >= 15 is 0 Å². The zero-order valence-electron chi connectivity index (χ0n) is 14.7. The number of rotatable bonds is 7. The fourth-order valence-electron chi connectivity index (χ4n) is 2.69. The molecule has 0 fully saturated rings. The quantitative estimate of drug-likeness (QED) is 0.405. The Morgan fingerprint density at radius 2 is 1.68 bits per heavy atom. The van der Waals surface area contributed by atoms with Gasteiger partial charge in [-0.2, -0.15) is 0 Å². The molecule has 128 valence electrons. The Morgan fingerprint density at radius 3 is 2.40 bits per heavy atom. The number of fused-ring (bicyclic) bond motifs is 1. The first-order valence-corrected chi connectivity index (χ1v) is 8.64. The molecule has 0 heterocycles. The van der Waals surface area contributed by atoms with Crippen LogP contribution in [0.3, 0.4) is 0 Å². The third kappa shape index (κ3) is 4.18. The highest BCUT2D eigenvalue weighted by Gasteiger charge is 2.04. The fourth-order valence-corrected chi connectivity index (χ4v) is 2.69. The molecule has 0 radical (unpaired) electrons. The van der Waals surface area contributed by atoms with Crippen LogP contribution in [0.2, 0.25) is 0 Å². The van der Waals surface area contributed by atoms with Gasteiger partial charge < -0.3 is 9.47 Å². The van der Waals surface area contributed by atoms with Crippen LogP contribution in [0.4, 0.5) is 5.69 Å². The Hall–Kier alpha value is -2.81. The number of ether oxygens (including phenoxy) is 2. The van der Waals surface area contributed by atoms with Gasteiger partial charge >= 0.3 is 0 Å². The van der Waals surface area contributed by atoms with Gasteiger partial charge in [-0.15, -0.1) is 0 Å². The van der Waals surface area contributed by atoms with E-state index in [1.165, 1.54) is 0 Å². The Bertz CT molecular complexity index is 854. The van der Waals surface area contributed by atoms with Crippen molar-refractivity contribution in [1.82, 2.24) is 0 Å². The molecule has 0 saturated carbocycles. The third-order valence-electron chi connectivity index (χ3n) is 4.09. The number of methoxy groups -OCH3 is 1. The standard InChI is InChI=1S/C22H23NO2/c1-3-4-15-25-19-12-10-18(11-13-19)23-16-17-9-14-22(24-2)21-8-6-5-7-20(17)21/h5-14,16H,3-4,15H2,1-2H3. The molecule has 0 saturated heterocycles. The molecule has 3 nitrogen and oxygen atoms in total. The van der Waals surface area contributed by atoms with Crippen molar-refractivity contribution in [3.63, 3.8) is 0 Å². The second kappa shape index (κ2) is 8.34. The molecule has 0 amide bonds. The molecule has 0 aliphatic heterocycles. The highest BCUT2D eigenvalue weighted by molar-refractivity contribution is 6.02. The van der Waals surface area contributed by atoms with Gasteiger partial charge in [-0.25, -0.2) is 0 Å². The van der Waals surface area contributed by atoms with Gasteiger partial charge in [-0.05, 0) is 48.2 Å². The van der Waals surface area contributed by atoms with E-state index in [1.807, 2.05) is 54.7 Å². The Morgan fingerprint density at radius 1 is 0.920 bits per heavy atom. The highest BCUT2D eigenvalue weighted by Crippen LogP contribution is 2.28. The fraction of sp³-hybridized carbons (Fsp3) is 0.227. The van der Waals surface area contributed by atoms with Crippen molar-refractivity contribution in [3.8, 4) is 11.5 Å². The molecule has 3 aromatic rings. The molecule has 0 aromatic heterocycles. The Balaban J connectivity index is 1.79. The minimum atomic E-state index is 0.761. The predicted molar refractivity (Wildman–Crippen MR) is 105 cm³/mol. The van der Waals surface area contributed by atoms with Gasteiger partial charge in [-0.1, -0.05) is 37.6 Å². The molecular formula is C22H23NO2. The zero-order valence-corrected chi connectivity index (χ0v) is 14.7. The second-order valence-corrected chi connectivity index (χ2v) is 5.86. The van der Waals surface area contributed by atoms with Crippen molar-refractivity contribution in [2.24, 2.45) is 4.99 Å². The largest absolute Gasteiger partial charge is 0.496 e. The number of benzene rings is 3. The number of aliphatic imine (C=N–C) groups is 1. The van der Waals surface area contributed by atoms with Crippen LogP contribution in [0.15, 0.2) is 65.7 Å². The second-order valence-electron chi connectivity index (χ2n) is 5.86. The van der Waals surface area contributed by atoms with Crippen molar-refractivity contribution in [3.05, 3.63) is 66.2 Å². The smallest absolute Gasteiger partial charge is 0.126 e. The molecule has 3 rings (SSSR count). The Kier molecular flexibility index (Phi) is 5.68. The van der Waals surface area contributed by atoms with E-state index < -0.39 is 0 Å². The van der Waals surface area contributed by atoms with Gasteiger partial charge in [0.05, 0.1) is 19.4 Å². The Labute approximate surface area is 148 Å². The van der Waals surface area contributed by atoms with Crippen LogP contribution in [0.5, 0.6) is 11.5 Å². The third-order valence-corrected chi connectivity index (χ3v) is 4.09. The molecular weight excluding hydrogens is 310 g/mol. The summed E-state index contributed by atoms with van der Waals surface area (Å²) in [5, 5.41) is 2.22. The van der Waals surface area contributed by atoms with Gasteiger partial charge in [0.15, 0.2) is 0 Å². The lowest BCUT2D eigenvalue weighted by molar-refractivity contribution is 0.309. The van der Waals surface area contributed by atoms with Gasteiger partial charge in [0, 0.05) is 17.2 Å². The first kappa shape index (κ1) is 17.0. The summed E-state index contributed by atoms with van der Waals surface area (Å²) in [5.74, 6) is 1.77. The van der Waals surface area contributed by atoms with Crippen molar-refractivity contribution in [2.45, 2.75) is 19.8 Å². The lowest BCUT2D eigenvalue weighted by Crippen LogP contribution is -1.95. The summed E-state index contributed by atoms with van der Waals surface area (Å²) in [4.78, 5) is 4.60. The zero-order chi connectivity index (χ0) is 17.5. The minimum absolute atomic E-state index is 0.761. The highest BCUT2D eigenvalue weighted by atomic mass is 16.5. The monoisotopic (exact) mass is 333 g/mol. The summed E-state index contributed by atoms with van der Waals surface area (Å²) in [7, 11) is 1.69. The number of nitrogens with zero attached hydrogens (tertiary/aromatic N) is 1. The van der Waals surface area contributed by atoms with E-state index in [1.54, 1.807) is 7.11 Å². The summed E-state index contributed by atoms with van der Waals surface area (Å²) in [6, 6.07) is 20.1. The van der Waals surface area contributed by atoms with Gasteiger partial charge in [0.25, 0.3) is 0 Å². The molecule has 0 atom stereocenters. The number of unbranched alkanes of at least 4 members (excludes halogenated alkanes) is 1. The average molecular weight is 333 g/mol. The van der Waals surface area contributed by atoms with Crippen molar-refractivity contribution in [1.29, 1.82) is 0 Å². The van der Waals surface area contributed by atoms with Crippen molar-refractivity contribution in [2.75, 3.05) is 13.7 Å². The van der Waals surface area contributed by atoms with Crippen molar-refractivity contribution < 1.29 is 9.47 Å². The minimum Gasteiger partial charge on any atom is -0.496 e. The van der Waals surface area contributed by atoms with E-state index in [2.05, 4.69) is 24.0 Å². The van der Waals surface area contributed by atoms with Crippen LogP contribution in [-0.4, -0.2) is 19.9 Å². The van der Waals surface area contributed by atoms with Gasteiger partial charge in [0.2, 0.25) is 0 Å². The number of hydrogen-bond acceptors (Lipinski definition) is 3. The summed E-state index contributed by atoms with van der Waals surface area (Å²) >= 11 is 0. The molecule has 0 spiro atoms. The first-order chi connectivity index (χ1) is 12.3. The summed E-state index contributed by atoms with van der Waals surface area (Å²) in [5.41, 5.74) is 1.97. The van der Waals surface area contributed by atoms with E-state index in [9.17, 15) is 0 Å². The number of hydrogen-bond donors (Lipinski definition) is 0. The molecule has 0 bridgehead atoms. The predicted octanol–water partition coefficient (Wildman–Crippen LogP) is 5.78. The first-order valence-electron chi connectivity index (χ1n) is 8.64. The lowest BCUT2D eigenvalue weighted by atomic mass is 10.0. The van der Waals surface area contributed by atoms with Crippen LogP contribution in [0.1, 0.15) is 25.3 Å². The van der Waals surface area contributed by atoms with Crippen LogP contribution >= 0.6 is 0 Å². The SMILES string of the molecule is CCCCOc1ccc(N=Cc2ccc(OC)c3ccccc23)cc1. The van der Waals surface area contributed by atoms with Crippen LogP contribution in [-0.2, 0) is 0 Å². The molecule has 0 aliphatic rings. The van der Waals surface area contributed by atoms with Crippen molar-refractivity contribution >= 4 is 22.7 Å². The summed E-state index contributed by atoms with van der Waals surface area (Å²) in [6.45, 7) is 2.92. The van der Waals surface area contributed by atoms with Crippen LogP contribution in [0.25, 0.3) is 10.8 Å². The normalized spacial score (nSPS) is 11.1. The van der Waals surface area contributed by atoms with Crippen LogP contribution in [0, 0.1) is 0 Å². The van der Waals surface area contributed by atoms with Crippen LogP contribution < -0.4 is 9.47 Å². The molecule has 3 aromatic carbocycles. The maximum atomic E-state index is 5.68. The van der Waals surface area contributed by atoms with E-state index in [0.717, 1.165) is 53.0 Å². The maximum Gasteiger partial charge on any atom is 0.126 e. The maximum absolute atomic E-state index is 5.68. The summed E-state index contributed by atoms with van der Waals surface area (Å²) in [6.07, 6.45) is 4.11. The van der Waals surface area contributed by atoms with E-state index in [0.29, 0.717) is 0 Å². The van der Waals surface area contributed by atoms with E-state index in [4.69, 9.17) is 9.47 Å². The topological polar surface area (TPSA) is 30.8 Å². The molecule has 3 heteroatoms. The van der Waals surface area contributed by atoms with Gasteiger partial charge in [-0.3, -0.25) is 4.99 Å². The average Bonchev–Trinajstić information content (AvgIpc) is 2.67. The molecule has 25 heavy (non-hydrogen) atoms. The van der Waals surface area contributed by atoms with E-state index in [-0.39, 0.29) is 0 Å². The molecule has 0 unspecified atom stereocenters. The summed E-state index contributed by atoms with van der Waals surface area (Å²) < 4.78 is 11.1. The van der Waals surface area contributed by atoms with Gasteiger partial charge in [0.1, 0.15) is 11.5 Å².